The van der Waals surface area contributed by atoms with E-state index in [9.17, 15) is 0 Å². The number of rotatable bonds is 6. The van der Waals surface area contributed by atoms with E-state index in [-0.39, 0.29) is 0 Å². The van der Waals surface area contributed by atoms with Crippen molar-refractivity contribution in [3.63, 3.8) is 0 Å². The third kappa shape index (κ3) is 4.88. The molecule has 0 saturated carbocycles. The molecule has 42 heavy (non-hydrogen) atoms. The lowest BCUT2D eigenvalue weighted by Crippen LogP contribution is -2.29. The van der Waals surface area contributed by atoms with Gasteiger partial charge >= 0.3 is 0 Å². The van der Waals surface area contributed by atoms with E-state index >= 15 is 0 Å². The van der Waals surface area contributed by atoms with Crippen LogP contribution in [0.25, 0.3) is 54.3 Å². The van der Waals surface area contributed by atoms with E-state index in [1.165, 1.54) is 68.6 Å². The monoisotopic (exact) mass is 584 g/mol. The second-order valence-electron chi connectivity index (χ2n) is 11.9. The molecular weight excluding hydrogens is 545 g/mol. The Hall–Kier alpha value is -3.71. The molecule has 4 aromatic carbocycles. The number of hydrogen-bond donors (Lipinski definition) is 0. The predicted molar refractivity (Wildman–Crippen MR) is 187 cm³/mol. The molecule has 2 heterocycles. The zero-order valence-corrected chi connectivity index (χ0v) is 27.8. The van der Waals surface area contributed by atoms with E-state index in [1.807, 2.05) is 0 Å². The lowest BCUT2D eigenvalue weighted by atomic mass is 9.96. The van der Waals surface area contributed by atoms with Gasteiger partial charge in [-0.05, 0) is 105 Å². The normalized spacial score (nSPS) is 12.2. The molecule has 0 unspecified atom stereocenters. The van der Waals surface area contributed by atoms with Gasteiger partial charge in [0, 0.05) is 22.9 Å². The average Bonchev–Trinajstić information content (AvgIpc) is 3.63. The van der Waals surface area contributed by atoms with Crippen LogP contribution in [0.1, 0.15) is 53.1 Å². The van der Waals surface area contributed by atoms with Crippen LogP contribution in [0.15, 0.2) is 69.5 Å². The van der Waals surface area contributed by atoms with Crippen molar-refractivity contribution in [3.05, 3.63) is 72.2 Å². The topological polar surface area (TPSA) is 26.3 Å². The average molecular weight is 585 g/mol. The highest BCUT2D eigenvalue weighted by molar-refractivity contribution is 6.87. The molecule has 212 valence electrons. The third-order valence-electron chi connectivity index (χ3n) is 10.1. The Labute approximate surface area is 251 Å². The van der Waals surface area contributed by atoms with Crippen LogP contribution < -0.4 is 0 Å². The summed E-state index contributed by atoms with van der Waals surface area (Å²) >= 11 is 0. The first-order valence-electron chi connectivity index (χ1n) is 15.7. The lowest BCUT2D eigenvalue weighted by molar-refractivity contribution is 0.601. The van der Waals surface area contributed by atoms with Crippen LogP contribution >= 0.6 is 0 Å². The van der Waals surface area contributed by atoms with Crippen molar-refractivity contribution in [1.29, 1.82) is 0 Å². The Kier molecular flexibility index (Phi) is 7.56. The number of furan rings is 2. The first-order valence-corrected chi connectivity index (χ1v) is 21.0. The van der Waals surface area contributed by atoms with Gasteiger partial charge in [-0.1, -0.05) is 65.8 Å². The van der Waals surface area contributed by atoms with Gasteiger partial charge in [0.1, 0.15) is 27.3 Å². The van der Waals surface area contributed by atoms with E-state index in [1.54, 1.807) is 0 Å². The molecule has 0 aliphatic carbocycles. The fourth-order valence-corrected chi connectivity index (χ4v) is 11.3. The molecule has 0 aliphatic heterocycles. The fourth-order valence-electron chi connectivity index (χ4n) is 6.49. The molecule has 0 bridgehead atoms. The number of benzene rings is 4. The molecule has 0 amide bonds. The van der Waals surface area contributed by atoms with Crippen LogP contribution in [0.5, 0.6) is 0 Å². The van der Waals surface area contributed by atoms with E-state index in [2.05, 4.69) is 125 Å². The standard InChI is InChI=1S/C38H40O2Si2/c1-7-41(8-2,9-3)19-17-31-23-29-21-27-13-15-34-33(35(27)25-37(29)39-31)16-14-28-22-30-24-32(40-38(30)26-36(28)34)18-20-42(10-4,11-5)12-6/h13-16,21-26H,7-12H2,1-6H3. The predicted octanol–water partition coefficient (Wildman–Crippen LogP) is 11.4. The van der Waals surface area contributed by atoms with Crippen molar-refractivity contribution in [3.8, 4) is 22.9 Å². The SMILES string of the molecule is CC[Si](C#Cc1cc2cc3ccc4c5cc6oc(C#C[Si](CC)(CC)CC)cc6cc5ccc4c3cc2o1)(CC)CC. The van der Waals surface area contributed by atoms with Gasteiger partial charge in [-0.25, -0.2) is 0 Å². The summed E-state index contributed by atoms with van der Waals surface area (Å²) in [6.07, 6.45) is 0. The summed E-state index contributed by atoms with van der Waals surface area (Å²) in [5.41, 5.74) is 9.13. The Morgan fingerprint density at radius 1 is 0.452 bits per heavy atom. The maximum atomic E-state index is 6.30. The highest BCUT2D eigenvalue weighted by Gasteiger charge is 2.25. The van der Waals surface area contributed by atoms with Gasteiger partial charge in [-0.2, -0.15) is 0 Å². The Bertz CT molecular complexity index is 1910. The van der Waals surface area contributed by atoms with Crippen LogP contribution in [0.2, 0.25) is 36.3 Å². The summed E-state index contributed by atoms with van der Waals surface area (Å²) in [6, 6.07) is 29.2. The van der Waals surface area contributed by atoms with Crippen molar-refractivity contribution in [2.45, 2.75) is 77.8 Å². The van der Waals surface area contributed by atoms with E-state index in [4.69, 9.17) is 8.83 Å². The minimum absolute atomic E-state index is 0.776. The van der Waals surface area contributed by atoms with Crippen molar-refractivity contribution < 1.29 is 8.83 Å². The maximum absolute atomic E-state index is 6.30. The van der Waals surface area contributed by atoms with Crippen LogP contribution in [0.3, 0.4) is 0 Å². The van der Waals surface area contributed by atoms with Crippen molar-refractivity contribution in [2.75, 3.05) is 0 Å². The molecule has 0 saturated heterocycles. The van der Waals surface area contributed by atoms with Crippen molar-refractivity contribution in [2.24, 2.45) is 0 Å². The van der Waals surface area contributed by atoms with E-state index in [0.717, 1.165) is 33.5 Å². The Morgan fingerprint density at radius 2 is 0.833 bits per heavy atom. The summed E-state index contributed by atoms with van der Waals surface area (Å²) < 4.78 is 12.6. The smallest absolute Gasteiger partial charge is 0.177 e. The molecule has 4 heteroatoms. The van der Waals surface area contributed by atoms with Crippen LogP contribution in [-0.2, 0) is 0 Å². The fraction of sp³-hybridized carbons (Fsp3) is 0.316. The first-order chi connectivity index (χ1) is 20.4. The maximum Gasteiger partial charge on any atom is 0.177 e. The van der Waals surface area contributed by atoms with E-state index < -0.39 is 16.1 Å². The van der Waals surface area contributed by atoms with Crippen molar-refractivity contribution in [1.82, 2.24) is 0 Å². The molecule has 0 fully saturated rings. The van der Waals surface area contributed by atoms with Crippen molar-refractivity contribution >= 4 is 70.4 Å². The van der Waals surface area contributed by atoms with Gasteiger partial charge < -0.3 is 8.83 Å². The minimum atomic E-state index is -1.53. The molecule has 0 aliphatic rings. The summed E-state index contributed by atoms with van der Waals surface area (Å²) in [4.78, 5) is 0. The largest absolute Gasteiger partial charge is 0.448 e. The summed E-state index contributed by atoms with van der Waals surface area (Å²) in [6.45, 7) is 13.7. The highest BCUT2D eigenvalue weighted by Crippen LogP contribution is 2.36. The van der Waals surface area contributed by atoms with Crippen LogP contribution in [0, 0.1) is 22.9 Å². The molecule has 0 radical (unpaired) electrons. The zero-order chi connectivity index (χ0) is 29.5. The molecule has 0 N–H and O–H groups in total. The van der Waals surface area contributed by atoms with Crippen LogP contribution in [-0.4, -0.2) is 16.1 Å². The molecule has 2 nitrogen and oxygen atoms in total. The third-order valence-corrected chi connectivity index (χ3v) is 19.5. The zero-order valence-electron chi connectivity index (χ0n) is 25.8. The summed E-state index contributed by atoms with van der Waals surface area (Å²) in [7, 11) is -3.06. The van der Waals surface area contributed by atoms with Gasteiger partial charge in [-0.15, -0.1) is 11.1 Å². The quantitative estimate of drug-likeness (QED) is 0.111. The van der Waals surface area contributed by atoms with Gasteiger partial charge in [0.2, 0.25) is 0 Å². The number of fused-ring (bicyclic) bond motifs is 7. The van der Waals surface area contributed by atoms with Gasteiger partial charge in [0.05, 0.1) is 0 Å². The highest BCUT2D eigenvalue weighted by atomic mass is 28.3. The Balaban J connectivity index is 1.45. The summed E-state index contributed by atoms with van der Waals surface area (Å²) in [5, 5.41) is 9.46. The molecule has 6 aromatic rings. The molecule has 6 rings (SSSR count). The molecular formula is C38H40O2Si2. The number of hydrogen-bond acceptors (Lipinski definition) is 2. The molecule has 0 spiro atoms. The molecule has 2 aromatic heterocycles. The first kappa shape index (κ1) is 28.4. The second kappa shape index (κ2) is 11.2. The summed E-state index contributed by atoms with van der Waals surface area (Å²) in [5.74, 6) is 8.39. The second-order valence-corrected chi connectivity index (χ2v) is 21.7. The lowest BCUT2D eigenvalue weighted by Gasteiger charge is -2.19. The van der Waals surface area contributed by atoms with Gasteiger partial charge in [0.15, 0.2) is 11.5 Å². The van der Waals surface area contributed by atoms with Crippen LogP contribution in [0.4, 0.5) is 0 Å². The molecule has 0 atom stereocenters. The van der Waals surface area contributed by atoms with E-state index in [0.29, 0.717) is 0 Å². The minimum Gasteiger partial charge on any atom is -0.448 e. The Morgan fingerprint density at radius 3 is 1.19 bits per heavy atom. The van der Waals surface area contributed by atoms with Gasteiger partial charge in [-0.3, -0.25) is 0 Å². The van der Waals surface area contributed by atoms with Gasteiger partial charge in [0.25, 0.3) is 0 Å².